The van der Waals surface area contributed by atoms with Crippen molar-refractivity contribution in [3.05, 3.63) is 23.4 Å². The van der Waals surface area contributed by atoms with Crippen molar-refractivity contribution >= 4 is 17.7 Å². The molecule has 1 aromatic heterocycles. The van der Waals surface area contributed by atoms with Gasteiger partial charge in [-0.15, -0.1) is 0 Å². The number of nitrogens with two attached hydrogens (primary N) is 2. The molecule has 0 unspecified atom stereocenters. The van der Waals surface area contributed by atoms with E-state index in [1.165, 1.54) is 39.2 Å². The van der Waals surface area contributed by atoms with E-state index in [4.69, 9.17) is 16.2 Å². The summed E-state index contributed by atoms with van der Waals surface area (Å²) in [5.74, 6) is 0.328. The minimum Gasteiger partial charge on any atom is -0.481 e. The number of aromatic nitrogens is 1. The van der Waals surface area contributed by atoms with Crippen LogP contribution in [0.15, 0.2) is 12.1 Å². The van der Waals surface area contributed by atoms with E-state index in [1.807, 2.05) is 19.9 Å². The number of primary amides is 1. The SMILES string of the molecule is CC.COc1nc(C(N)=O)c(N)cc1/C=C/C1CCCCC1.FC(F)F. The van der Waals surface area contributed by atoms with Gasteiger partial charge in [0.15, 0.2) is 5.69 Å². The molecule has 0 radical (unpaired) electrons. The van der Waals surface area contributed by atoms with Gasteiger partial charge in [-0.1, -0.05) is 45.3 Å². The van der Waals surface area contributed by atoms with Crippen molar-refractivity contribution in [3.8, 4) is 5.88 Å². The maximum absolute atomic E-state index is 11.2. The number of amides is 1. The number of pyridine rings is 1. The van der Waals surface area contributed by atoms with Gasteiger partial charge in [0, 0.05) is 5.56 Å². The number of hydrogen-bond donors (Lipinski definition) is 2. The Morgan fingerprint density at radius 1 is 1.27 bits per heavy atom. The van der Waals surface area contributed by atoms with E-state index in [1.54, 1.807) is 6.07 Å². The Labute approximate surface area is 152 Å². The number of carbonyl (C=O) groups is 1. The standard InChI is InChI=1S/C15H21N3O2.C2H6.CHF3/c1-20-15-11(8-7-10-5-3-2-4-6-10)9-12(16)13(18-15)14(17)19;1-2;2-1(3)4/h7-10H,2-6,16H2,1H3,(H2,17,19);1-2H3;1H/b8-7+;;. The molecule has 148 valence electrons. The van der Waals surface area contributed by atoms with Crippen LogP contribution in [0.3, 0.4) is 0 Å². The highest BCUT2D eigenvalue weighted by atomic mass is 19.4. The first-order valence-corrected chi connectivity index (χ1v) is 8.59. The van der Waals surface area contributed by atoms with Crippen molar-refractivity contribution in [2.45, 2.75) is 52.6 Å². The van der Waals surface area contributed by atoms with Crippen molar-refractivity contribution in [1.29, 1.82) is 0 Å². The Bertz CT molecular complexity index is 572. The van der Waals surface area contributed by atoms with Crippen LogP contribution in [0.1, 0.15) is 62.0 Å². The third-order valence-electron chi connectivity index (χ3n) is 3.67. The smallest absolute Gasteiger partial charge is 0.379 e. The van der Waals surface area contributed by atoms with Crippen molar-refractivity contribution in [2.75, 3.05) is 12.8 Å². The summed E-state index contributed by atoms with van der Waals surface area (Å²) in [6.45, 7) is 0.333. The Morgan fingerprint density at radius 3 is 2.27 bits per heavy atom. The van der Waals surface area contributed by atoms with E-state index in [2.05, 4.69) is 11.1 Å². The molecule has 1 aliphatic carbocycles. The topological polar surface area (TPSA) is 91.2 Å². The number of allylic oxidation sites excluding steroid dienone is 1. The highest BCUT2D eigenvalue weighted by Crippen LogP contribution is 2.27. The number of alkyl halides is 3. The van der Waals surface area contributed by atoms with E-state index in [0.29, 0.717) is 11.8 Å². The lowest BCUT2D eigenvalue weighted by molar-refractivity contribution is 0.00818. The molecule has 0 saturated heterocycles. The van der Waals surface area contributed by atoms with Gasteiger partial charge in [0.2, 0.25) is 5.88 Å². The zero-order valence-electron chi connectivity index (χ0n) is 15.5. The molecule has 1 saturated carbocycles. The first-order chi connectivity index (χ1) is 12.3. The molecular formula is C18H28F3N3O2. The summed E-state index contributed by atoms with van der Waals surface area (Å²) in [6, 6.07) is 1.69. The number of rotatable bonds is 4. The van der Waals surface area contributed by atoms with Crippen LogP contribution in [0.4, 0.5) is 18.9 Å². The van der Waals surface area contributed by atoms with E-state index < -0.39 is 12.6 Å². The molecule has 8 heteroatoms. The maximum atomic E-state index is 11.2. The molecule has 1 fully saturated rings. The van der Waals surface area contributed by atoms with Crippen molar-refractivity contribution in [1.82, 2.24) is 4.98 Å². The molecule has 0 bridgehead atoms. The molecule has 2 rings (SSSR count). The van der Waals surface area contributed by atoms with Gasteiger partial charge in [-0.25, -0.2) is 4.98 Å². The van der Waals surface area contributed by atoms with Crippen LogP contribution in [0, 0.1) is 5.92 Å². The third-order valence-corrected chi connectivity index (χ3v) is 3.67. The van der Waals surface area contributed by atoms with Crippen LogP contribution < -0.4 is 16.2 Å². The third kappa shape index (κ3) is 8.73. The average Bonchev–Trinajstić information content (AvgIpc) is 2.62. The summed E-state index contributed by atoms with van der Waals surface area (Å²) in [7, 11) is 1.52. The van der Waals surface area contributed by atoms with Crippen molar-refractivity contribution in [3.63, 3.8) is 0 Å². The highest BCUT2D eigenvalue weighted by Gasteiger charge is 2.14. The number of carbonyl (C=O) groups excluding carboxylic acids is 1. The van der Waals surface area contributed by atoms with Gasteiger partial charge in [-0.05, 0) is 24.8 Å². The second-order valence-electron chi connectivity index (χ2n) is 5.39. The van der Waals surface area contributed by atoms with Gasteiger partial charge in [0.1, 0.15) is 0 Å². The lowest BCUT2D eigenvalue weighted by Crippen LogP contribution is -2.16. The molecule has 0 atom stereocenters. The summed E-state index contributed by atoms with van der Waals surface area (Å²) in [4.78, 5) is 15.3. The number of nitrogen functional groups attached to an aromatic ring is 1. The number of nitrogens with zero attached hydrogens (tertiary/aromatic N) is 1. The fourth-order valence-corrected chi connectivity index (χ4v) is 2.57. The van der Waals surface area contributed by atoms with Crippen LogP contribution in [-0.4, -0.2) is 24.7 Å². The van der Waals surface area contributed by atoms with Gasteiger partial charge in [-0.2, -0.15) is 13.2 Å². The monoisotopic (exact) mass is 375 g/mol. The number of anilines is 1. The first-order valence-electron chi connectivity index (χ1n) is 8.59. The van der Waals surface area contributed by atoms with Gasteiger partial charge in [-0.3, -0.25) is 4.79 Å². The van der Waals surface area contributed by atoms with Crippen molar-refractivity contribution < 1.29 is 22.7 Å². The Morgan fingerprint density at radius 2 is 1.81 bits per heavy atom. The summed E-state index contributed by atoms with van der Waals surface area (Å²) in [6.07, 6.45) is 10.5. The zero-order valence-corrected chi connectivity index (χ0v) is 15.5. The second kappa shape index (κ2) is 13.0. The summed E-state index contributed by atoms with van der Waals surface area (Å²) in [5, 5.41) is 0. The molecule has 1 amide bonds. The highest BCUT2D eigenvalue weighted by molar-refractivity contribution is 5.96. The van der Waals surface area contributed by atoms with E-state index in [9.17, 15) is 18.0 Å². The summed E-state index contributed by atoms with van der Waals surface area (Å²) in [5.41, 5.74) is 12.1. The maximum Gasteiger partial charge on any atom is 0.379 e. The minimum atomic E-state index is -3.67. The van der Waals surface area contributed by atoms with Crippen molar-refractivity contribution in [2.24, 2.45) is 11.7 Å². The quantitative estimate of drug-likeness (QED) is 0.806. The van der Waals surface area contributed by atoms with E-state index in [-0.39, 0.29) is 11.4 Å². The Hall–Kier alpha value is -2.25. The number of halogens is 3. The molecule has 0 spiro atoms. The van der Waals surface area contributed by atoms with Crippen LogP contribution in [0.25, 0.3) is 6.08 Å². The molecular weight excluding hydrogens is 347 g/mol. The van der Waals surface area contributed by atoms with Gasteiger partial charge >= 0.3 is 6.68 Å². The van der Waals surface area contributed by atoms with Gasteiger partial charge < -0.3 is 16.2 Å². The average molecular weight is 375 g/mol. The fourth-order valence-electron chi connectivity index (χ4n) is 2.57. The van der Waals surface area contributed by atoms with Crippen LogP contribution >= 0.6 is 0 Å². The van der Waals surface area contributed by atoms with Crippen LogP contribution in [0.5, 0.6) is 5.88 Å². The van der Waals surface area contributed by atoms with Crippen LogP contribution in [0.2, 0.25) is 0 Å². The van der Waals surface area contributed by atoms with Gasteiger partial charge in [0.05, 0.1) is 12.8 Å². The van der Waals surface area contributed by atoms with E-state index >= 15 is 0 Å². The molecule has 1 aromatic rings. The van der Waals surface area contributed by atoms with E-state index in [0.717, 1.165) is 5.56 Å². The number of methoxy groups -OCH3 is 1. The second-order valence-corrected chi connectivity index (χ2v) is 5.39. The summed E-state index contributed by atoms with van der Waals surface area (Å²) < 4.78 is 34.2. The lowest BCUT2D eigenvalue weighted by Gasteiger charge is -2.17. The van der Waals surface area contributed by atoms with Crippen LogP contribution in [-0.2, 0) is 0 Å². The molecule has 4 N–H and O–H groups in total. The normalized spacial score (nSPS) is 14.3. The first kappa shape index (κ1) is 23.8. The number of hydrogen-bond acceptors (Lipinski definition) is 4. The number of ether oxygens (including phenoxy) is 1. The fraction of sp³-hybridized carbons (Fsp3) is 0.556. The predicted molar refractivity (Wildman–Crippen MR) is 97.8 cm³/mol. The molecule has 0 aromatic carbocycles. The molecule has 5 nitrogen and oxygen atoms in total. The predicted octanol–water partition coefficient (Wildman–Crippen LogP) is 4.57. The zero-order chi connectivity index (χ0) is 20.1. The molecule has 26 heavy (non-hydrogen) atoms. The molecule has 0 aliphatic heterocycles. The van der Waals surface area contributed by atoms with Gasteiger partial charge in [0.25, 0.3) is 5.91 Å². The molecule has 1 heterocycles. The Kier molecular flexibility index (Phi) is 11.9. The Balaban J connectivity index is 0.000000920. The largest absolute Gasteiger partial charge is 0.481 e. The molecule has 1 aliphatic rings. The lowest BCUT2D eigenvalue weighted by atomic mass is 9.89. The summed E-state index contributed by atoms with van der Waals surface area (Å²) >= 11 is 0. The minimum absolute atomic E-state index is 0.0525.